The van der Waals surface area contributed by atoms with Crippen LogP contribution in [0.1, 0.15) is 52.7 Å². The van der Waals surface area contributed by atoms with Crippen LogP contribution in [-0.2, 0) is 10.8 Å². The van der Waals surface area contributed by atoms with E-state index < -0.39 is 0 Å². The minimum Gasteiger partial charge on any atom is -0.455 e. The highest BCUT2D eigenvalue weighted by Crippen LogP contribution is 2.42. The van der Waals surface area contributed by atoms with Gasteiger partial charge in [-0.15, -0.1) is 0 Å². The number of hydrogen-bond donors (Lipinski definition) is 0. The molecular weight excluding hydrogens is 717 g/mol. The molecule has 3 heteroatoms. The van der Waals surface area contributed by atoms with Gasteiger partial charge in [0, 0.05) is 38.3 Å². The first-order valence-electron chi connectivity index (χ1n) is 20.8. The first kappa shape index (κ1) is 35.3. The second kappa shape index (κ2) is 12.8. The highest BCUT2D eigenvalue weighted by atomic mass is 16.3. The van der Waals surface area contributed by atoms with E-state index in [1.165, 1.54) is 71.8 Å². The Balaban J connectivity index is 0.912. The summed E-state index contributed by atoms with van der Waals surface area (Å²) in [6, 6.07) is 62.4. The van der Waals surface area contributed by atoms with Gasteiger partial charge in [-0.1, -0.05) is 139 Å². The predicted octanol–water partition coefficient (Wildman–Crippen LogP) is 15.7. The maximum Gasteiger partial charge on any atom is 0.145 e. The molecule has 59 heavy (non-hydrogen) atoms. The van der Waals surface area contributed by atoms with Crippen LogP contribution in [0.25, 0.3) is 99.2 Å². The van der Waals surface area contributed by atoms with E-state index in [0.29, 0.717) is 0 Å². The molecule has 11 rings (SSSR count). The third kappa shape index (κ3) is 5.63. The molecule has 286 valence electrons. The van der Waals surface area contributed by atoms with Crippen LogP contribution in [0.15, 0.2) is 174 Å². The Morgan fingerprint density at radius 1 is 0.356 bits per heavy atom. The molecule has 0 aliphatic heterocycles. The van der Waals surface area contributed by atoms with Crippen molar-refractivity contribution < 1.29 is 4.42 Å². The van der Waals surface area contributed by atoms with Crippen LogP contribution in [0, 0.1) is 0 Å². The van der Waals surface area contributed by atoms with Gasteiger partial charge in [-0.05, 0) is 117 Å². The number of nitrogens with zero attached hydrogens (tertiary/aromatic N) is 2. The number of aromatic nitrogens is 2. The molecule has 0 bridgehead atoms. The molecule has 0 spiro atoms. The minimum atomic E-state index is 0.0727. The second-order valence-corrected chi connectivity index (χ2v) is 18.3. The summed E-state index contributed by atoms with van der Waals surface area (Å²) in [6.07, 6.45) is 0. The Morgan fingerprint density at radius 2 is 0.780 bits per heavy atom. The van der Waals surface area contributed by atoms with Crippen LogP contribution in [0.5, 0.6) is 0 Å². The zero-order chi connectivity index (χ0) is 40.2. The van der Waals surface area contributed by atoms with Crippen molar-refractivity contribution in [2.45, 2.75) is 52.4 Å². The smallest absolute Gasteiger partial charge is 0.145 e. The van der Waals surface area contributed by atoms with Crippen LogP contribution >= 0.6 is 0 Å². The number of furan rings is 1. The average Bonchev–Trinajstić information content (AvgIpc) is 3.90. The van der Waals surface area contributed by atoms with Gasteiger partial charge in [0.05, 0.1) is 27.5 Å². The third-order valence-corrected chi connectivity index (χ3v) is 12.5. The van der Waals surface area contributed by atoms with E-state index in [4.69, 9.17) is 4.42 Å². The Kier molecular flexibility index (Phi) is 7.68. The summed E-state index contributed by atoms with van der Waals surface area (Å²) in [5.41, 5.74) is 16.6. The second-order valence-electron chi connectivity index (χ2n) is 18.3. The molecule has 0 saturated carbocycles. The molecule has 0 fully saturated rings. The van der Waals surface area contributed by atoms with Crippen molar-refractivity contribution in [1.29, 1.82) is 0 Å². The lowest BCUT2D eigenvalue weighted by Gasteiger charge is -2.19. The van der Waals surface area contributed by atoms with Crippen molar-refractivity contribution >= 4 is 65.6 Å². The number of hydrogen-bond acceptors (Lipinski definition) is 1. The molecule has 0 atom stereocenters. The van der Waals surface area contributed by atoms with Gasteiger partial charge in [0.2, 0.25) is 0 Å². The maximum atomic E-state index is 6.51. The molecule has 0 saturated heterocycles. The molecule has 0 N–H and O–H groups in total. The Morgan fingerprint density at radius 3 is 1.31 bits per heavy atom. The fourth-order valence-electron chi connectivity index (χ4n) is 9.21. The molecule has 0 radical (unpaired) electrons. The summed E-state index contributed by atoms with van der Waals surface area (Å²) < 4.78 is 11.3. The Bertz CT molecular complexity index is 3340. The van der Waals surface area contributed by atoms with Gasteiger partial charge < -0.3 is 13.6 Å². The third-order valence-electron chi connectivity index (χ3n) is 12.5. The van der Waals surface area contributed by atoms with Gasteiger partial charge in [-0.3, -0.25) is 0 Å². The number of para-hydroxylation sites is 2. The number of rotatable bonds is 4. The summed E-state index contributed by atoms with van der Waals surface area (Å²) >= 11 is 0. The van der Waals surface area contributed by atoms with Gasteiger partial charge in [0.1, 0.15) is 11.2 Å². The fourth-order valence-corrected chi connectivity index (χ4v) is 9.21. The van der Waals surface area contributed by atoms with Gasteiger partial charge in [-0.25, -0.2) is 0 Å². The van der Waals surface area contributed by atoms with Crippen molar-refractivity contribution in [2.75, 3.05) is 0 Å². The first-order valence-corrected chi connectivity index (χ1v) is 20.8. The zero-order valence-corrected chi connectivity index (χ0v) is 34.5. The molecule has 3 heterocycles. The largest absolute Gasteiger partial charge is 0.455 e. The monoisotopic (exact) mass is 762 g/mol. The molecule has 0 aliphatic rings. The summed E-state index contributed by atoms with van der Waals surface area (Å²) in [5, 5.41) is 7.27. The molecular formula is C56H46N2O. The highest BCUT2D eigenvalue weighted by molar-refractivity contribution is 6.23. The molecule has 0 aliphatic carbocycles. The predicted molar refractivity (Wildman–Crippen MR) is 251 cm³/mol. The van der Waals surface area contributed by atoms with Crippen molar-refractivity contribution in [2.24, 2.45) is 0 Å². The molecule has 3 nitrogen and oxygen atoms in total. The van der Waals surface area contributed by atoms with Crippen LogP contribution < -0.4 is 0 Å². The van der Waals surface area contributed by atoms with E-state index >= 15 is 0 Å². The molecule has 3 aromatic heterocycles. The fraction of sp³-hybridized carbons (Fsp3) is 0.143. The topological polar surface area (TPSA) is 23.0 Å². The van der Waals surface area contributed by atoms with Crippen LogP contribution in [0.2, 0.25) is 0 Å². The molecule has 11 aromatic rings. The molecule has 8 aromatic carbocycles. The number of fused-ring (bicyclic) bond motifs is 10. The molecule has 0 amide bonds. The van der Waals surface area contributed by atoms with Crippen LogP contribution in [0.3, 0.4) is 0 Å². The van der Waals surface area contributed by atoms with Gasteiger partial charge >= 0.3 is 0 Å². The lowest BCUT2D eigenvalue weighted by molar-refractivity contribution is 0.590. The summed E-state index contributed by atoms with van der Waals surface area (Å²) in [5.74, 6) is 0. The normalized spacial score (nSPS) is 12.6. The van der Waals surface area contributed by atoms with Crippen molar-refractivity contribution in [1.82, 2.24) is 9.13 Å². The minimum absolute atomic E-state index is 0.0727. The van der Waals surface area contributed by atoms with Gasteiger partial charge in [0.15, 0.2) is 0 Å². The van der Waals surface area contributed by atoms with E-state index in [0.717, 1.165) is 38.5 Å². The van der Waals surface area contributed by atoms with Gasteiger partial charge in [-0.2, -0.15) is 0 Å². The SMILES string of the molecule is CC(C)(C)c1ccc2c(c1)c1cc(C(C)(C)C)ccc1n2-c1ccc(-c2ccc(-c3ccc(-n4c5ccccc5c5c6oc7ccccc7c6ccc54)cc3)cc2)cc1. The van der Waals surface area contributed by atoms with Gasteiger partial charge in [0.25, 0.3) is 0 Å². The van der Waals surface area contributed by atoms with Crippen LogP contribution in [0.4, 0.5) is 0 Å². The van der Waals surface area contributed by atoms with E-state index in [1.54, 1.807) is 0 Å². The lowest BCUT2D eigenvalue weighted by Crippen LogP contribution is -2.10. The van der Waals surface area contributed by atoms with E-state index in [-0.39, 0.29) is 10.8 Å². The van der Waals surface area contributed by atoms with E-state index in [1.807, 2.05) is 6.07 Å². The Hall–Kier alpha value is -6.84. The maximum absolute atomic E-state index is 6.51. The van der Waals surface area contributed by atoms with Crippen molar-refractivity contribution in [3.63, 3.8) is 0 Å². The summed E-state index contributed by atoms with van der Waals surface area (Å²) in [7, 11) is 0. The highest BCUT2D eigenvalue weighted by Gasteiger charge is 2.22. The summed E-state index contributed by atoms with van der Waals surface area (Å²) in [6.45, 7) is 13.8. The van der Waals surface area contributed by atoms with E-state index in [9.17, 15) is 0 Å². The quantitative estimate of drug-likeness (QED) is 0.175. The Labute approximate surface area is 344 Å². The van der Waals surface area contributed by atoms with Crippen molar-refractivity contribution in [3.05, 3.63) is 181 Å². The number of benzene rings is 8. The standard InChI is InChI=1S/C56H46N2O/c1-55(2,3)39-23-30-49-46(33-39)47-34-40(56(4,5)6)24-31-50(47)57(49)41-25-19-37(20-26-41)35-15-17-36(18-16-35)38-21-27-42(28-22-38)58-48-13-9-7-12-45(48)53-51(58)32-29-44-43-11-8-10-14-52(43)59-54(44)53/h7-34H,1-6H3. The average molecular weight is 763 g/mol. The first-order chi connectivity index (χ1) is 28.5. The lowest BCUT2D eigenvalue weighted by atomic mass is 9.85. The van der Waals surface area contributed by atoms with Crippen molar-refractivity contribution in [3.8, 4) is 33.6 Å². The van der Waals surface area contributed by atoms with E-state index in [2.05, 4.69) is 214 Å². The summed E-state index contributed by atoms with van der Waals surface area (Å²) in [4.78, 5) is 0. The van der Waals surface area contributed by atoms with Crippen LogP contribution in [-0.4, -0.2) is 9.13 Å². The zero-order valence-electron chi connectivity index (χ0n) is 34.5. The molecule has 0 unspecified atom stereocenters.